The zero-order chi connectivity index (χ0) is 21.9. The molecule has 0 atom stereocenters. The SMILES string of the molecule is CC1(C)Cc2cccc(OC(=O)CNC(=O)C(=O)Oc3cccc(C(=O)O)c3)c2O1. The van der Waals surface area contributed by atoms with Crippen molar-refractivity contribution in [2.45, 2.75) is 25.9 Å². The van der Waals surface area contributed by atoms with Crippen LogP contribution in [0.25, 0.3) is 0 Å². The molecule has 9 heteroatoms. The van der Waals surface area contributed by atoms with Gasteiger partial charge in [0, 0.05) is 12.0 Å². The van der Waals surface area contributed by atoms with Crippen molar-refractivity contribution < 1.29 is 38.5 Å². The normalized spacial score (nSPS) is 13.5. The summed E-state index contributed by atoms with van der Waals surface area (Å²) in [5.41, 5.74) is 0.382. The highest BCUT2D eigenvalue weighted by Gasteiger charge is 2.32. The molecule has 3 rings (SSSR count). The van der Waals surface area contributed by atoms with Crippen LogP contribution in [0.3, 0.4) is 0 Å². The highest BCUT2D eigenvalue weighted by molar-refractivity contribution is 6.33. The van der Waals surface area contributed by atoms with E-state index in [1.54, 1.807) is 12.1 Å². The van der Waals surface area contributed by atoms with Gasteiger partial charge in [-0.2, -0.15) is 0 Å². The molecule has 0 spiro atoms. The lowest BCUT2D eigenvalue weighted by Crippen LogP contribution is -2.38. The first-order valence-electron chi connectivity index (χ1n) is 8.99. The first kappa shape index (κ1) is 20.8. The first-order chi connectivity index (χ1) is 14.1. The van der Waals surface area contributed by atoms with Crippen molar-refractivity contribution in [3.8, 4) is 17.2 Å². The summed E-state index contributed by atoms with van der Waals surface area (Å²) >= 11 is 0. The molecule has 1 aliphatic heterocycles. The zero-order valence-corrected chi connectivity index (χ0v) is 16.3. The minimum absolute atomic E-state index is 0.106. The Labute approximate surface area is 171 Å². The monoisotopic (exact) mass is 413 g/mol. The predicted molar refractivity (Wildman–Crippen MR) is 103 cm³/mol. The fraction of sp³-hybridized carbons (Fsp3) is 0.238. The summed E-state index contributed by atoms with van der Waals surface area (Å²) in [6, 6.07) is 10.3. The van der Waals surface area contributed by atoms with E-state index in [2.05, 4.69) is 5.32 Å². The standard InChI is InChI=1S/C21H19NO8/c1-21(2)10-13-6-4-8-15(17(13)30-21)29-16(23)11-22-18(24)20(27)28-14-7-3-5-12(9-14)19(25)26/h3-9H,10-11H2,1-2H3,(H,22,24)(H,25,26). The molecule has 0 saturated carbocycles. The Morgan fingerprint density at radius 2 is 1.83 bits per heavy atom. The van der Waals surface area contributed by atoms with Crippen molar-refractivity contribution >= 4 is 23.8 Å². The maximum Gasteiger partial charge on any atom is 0.402 e. The van der Waals surface area contributed by atoms with Gasteiger partial charge in [0.25, 0.3) is 0 Å². The molecule has 1 amide bonds. The van der Waals surface area contributed by atoms with Gasteiger partial charge in [-0.1, -0.05) is 18.2 Å². The molecule has 2 aromatic carbocycles. The van der Waals surface area contributed by atoms with Crippen molar-refractivity contribution in [1.29, 1.82) is 0 Å². The molecule has 2 N–H and O–H groups in total. The number of hydrogen-bond acceptors (Lipinski definition) is 7. The number of ether oxygens (including phenoxy) is 3. The fourth-order valence-corrected chi connectivity index (χ4v) is 2.90. The van der Waals surface area contributed by atoms with Gasteiger partial charge >= 0.3 is 23.8 Å². The number of nitrogens with one attached hydrogen (secondary N) is 1. The summed E-state index contributed by atoms with van der Waals surface area (Å²) in [5.74, 6) is -3.90. The minimum atomic E-state index is -1.30. The summed E-state index contributed by atoms with van der Waals surface area (Å²) in [6.07, 6.45) is 0.666. The van der Waals surface area contributed by atoms with Crippen molar-refractivity contribution in [2.24, 2.45) is 0 Å². The fourth-order valence-electron chi connectivity index (χ4n) is 2.90. The number of carbonyl (C=O) groups is 4. The Hall–Kier alpha value is -3.88. The van der Waals surface area contributed by atoms with Gasteiger partial charge < -0.3 is 24.6 Å². The van der Waals surface area contributed by atoms with E-state index in [0.717, 1.165) is 11.6 Å². The number of carbonyl (C=O) groups excluding carboxylic acids is 3. The number of rotatable bonds is 5. The number of hydrogen-bond donors (Lipinski definition) is 2. The second kappa shape index (κ2) is 8.24. The molecule has 0 aliphatic carbocycles. The van der Waals surface area contributed by atoms with Gasteiger partial charge in [-0.25, -0.2) is 14.4 Å². The molecule has 1 heterocycles. The van der Waals surface area contributed by atoms with E-state index < -0.39 is 36.0 Å². The maximum atomic E-state index is 12.1. The van der Waals surface area contributed by atoms with Crippen LogP contribution < -0.4 is 19.5 Å². The van der Waals surface area contributed by atoms with E-state index in [4.69, 9.17) is 19.3 Å². The second-order valence-corrected chi connectivity index (χ2v) is 7.16. The molecule has 2 aromatic rings. The highest BCUT2D eigenvalue weighted by Crippen LogP contribution is 2.41. The predicted octanol–water partition coefficient (Wildman–Crippen LogP) is 1.73. The summed E-state index contributed by atoms with van der Waals surface area (Å²) in [6.45, 7) is 3.25. The lowest BCUT2D eigenvalue weighted by molar-refractivity contribution is -0.149. The molecule has 0 bridgehead atoms. The van der Waals surface area contributed by atoms with Crippen molar-refractivity contribution in [3.63, 3.8) is 0 Å². The summed E-state index contributed by atoms with van der Waals surface area (Å²) < 4.78 is 15.9. The Balaban J connectivity index is 1.54. The topological polar surface area (TPSA) is 128 Å². The van der Waals surface area contributed by atoms with Crippen LogP contribution in [-0.4, -0.2) is 41.1 Å². The largest absolute Gasteiger partial charge is 0.483 e. The summed E-state index contributed by atoms with van der Waals surface area (Å²) in [7, 11) is 0. The third-order valence-electron chi connectivity index (χ3n) is 4.15. The molecule has 0 aromatic heterocycles. The van der Waals surface area contributed by atoms with E-state index >= 15 is 0 Å². The third-order valence-corrected chi connectivity index (χ3v) is 4.15. The number of aromatic carboxylic acids is 1. The number of carboxylic acids is 1. The Kier molecular flexibility index (Phi) is 5.72. The van der Waals surface area contributed by atoms with Gasteiger partial charge in [-0.3, -0.25) is 4.79 Å². The number of esters is 2. The second-order valence-electron chi connectivity index (χ2n) is 7.16. The summed E-state index contributed by atoms with van der Waals surface area (Å²) in [4.78, 5) is 46.7. The number of carboxylic acid groups (broad SMARTS) is 1. The van der Waals surface area contributed by atoms with Gasteiger partial charge in [0.15, 0.2) is 11.5 Å². The smallest absolute Gasteiger partial charge is 0.402 e. The summed E-state index contributed by atoms with van der Waals surface area (Å²) in [5, 5.41) is 11.0. The van der Waals surface area contributed by atoms with Crippen LogP contribution >= 0.6 is 0 Å². The van der Waals surface area contributed by atoms with Crippen LogP contribution in [-0.2, 0) is 20.8 Å². The molecule has 30 heavy (non-hydrogen) atoms. The van der Waals surface area contributed by atoms with Gasteiger partial charge in [0.05, 0.1) is 5.56 Å². The number of benzene rings is 2. The molecule has 0 radical (unpaired) electrons. The van der Waals surface area contributed by atoms with Crippen LogP contribution in [0, 0.1) is 0 Å². The third kappa shape index (κ3) is 4.93. The van der Waals surface area contributed by atoms with Crippen LogP contribution in [0.2, 0.25) is 0 Å². The average Bonchev–Trinajstić information content (AvgIpc) is 3.01. The molecular formula is C21H19NO8. The molecule has 0 unspecified atom stereocenters. The Morgan fingerprint density at radius 3 is 2.57 bits per heavy atom. The molecule has 156 valence electrons. The van der Waals surface area contributed by atoms with E-state index in [1.165, 1.54) is 18.2 Å². The molecular weight excluding hydrogens is 394 g/mol. The van der Waals surface area contributed by atoms with Crippen LogP contribution in [0.15, 0.2) is 42.5 Å². The van der Waals surface area contributed by atoms with Crippen LogP contribution in [0.1, 0.15) is 29.8 Å². The first-order valence-corrected chi connectivity index (χ1v) is 8.99. The Bertz CT molecular complexity index is 1030. The van der Waals surface area contributed by atoms with Crippen LogP contribution in [0.4, 0.5) is 0 Å². The van der Waals surface area contributed by atoms with Gasteiger partial charge in [0.2, 0.25) is 0 Å². The average molecular weight is 413 g/mol. The van der Waals surface area contributed by atoms with Crippen LogP contribution in [0.5, 0.6) is 17.2 Å². The van der Waals surface area contributed by atoms with E-state index in [9.17, 15) is 19.2 Å². The van der Waals surface area contributed by atoms with Gasteiger partial charge in [-0.15, -0.1) is 0 Å². The van der Waals surface area contributed by atoms with Crippen molar-refractivity contribution in [2.75, 3.05) is 6.54 Å². The minimum Gasteiger partial charge on any atom is -0.483 e. The highest BCUT2D eigenvalue weighted by atomic mass is 16.6. The van der Waals surface area contributed by atoms with E-state index in [-0.39, 0.29) is 17.1 Å². The molecule has 0 saturated heterocycles. The molecule has 9 nitrogen and oxygen atoms in total. The quantitative estimate of drug-likeness (QED) is 0.431. The lowest BCUT2D eigenvalue weighted by atomic mass is 10.0. The number of amides is 1. The Morgan fingerprint density at radius 1 is 1.10 bits per heavy atom. The molecule has 0 fully saturated rings. The van der Waals surface area contributed by atoms with Gasteiger partial charge in [-0.05, 0) is 38.1 Å². The number of para-hydroxylation sites is 1. The molecule has 1 aliphatic rings. The van der Waals surface area contributed by atoms with E-state index in [1.807, 2.05) is 19.9 Å². The lowest BCUT2D eigenvalue weighted by Gasteiger charge is -2.18. The number of fused-ring (bicyclic) bond motifs is 1. The van der Waals surface area contributed by atoms with Crippen molar-refractivity contribution in [3.05, 3.63) is 53.6 Å². The maximum absolute atomic E-state index is 12.1. The van der Waals surface area contributed by atoms with E-state index in [0.29, 0.717) is 12.2 Å². The van der Waals surface area contributed by atoms with Crippen molar-refractivity contribution in [1.82, 2.24) is 5.32 Å². The van der Waals surface area contributed by atoms with Gasteiger partial charge in [0.1, 0.15) is 17.9 Å². The zero-order valence-electron chi connectivity index (χ0n) is 16.3.